The molecule has 0 radical (unpaired) electrons. The zero-order valence-electron chi connectivity index (χ0n) is 22.4. The van der Waals surface area contributed by atoms with Gasteiger partial charge in [-0.25, -0.2) is 4.39 Å². The first-order valence-electron chi connectivity index (χ1n) is 13.1. The molecule has 1 spiro atoms. The zero-order chi connectivity index (χ0) is 29.4. The molecule has 0 saturated carbocycles. The van der Waals surface area contributed by atoms with E-state index in [1.54, 1.807) is 24.3 Å². The quantitative estimate of drug-likeness (QED) is 0.419. The van der Waals surface area contributed by atoms with Crippen molar-refractivity contribution < 1.29 is 36.7 Å². The van der Waals surface area contributed by atoms with Gasteiger partial charge in [-0.1, -0.05) is 44.2 Å². The molecule has 0 bridgehead atoms. The normalized spacial score (nSPS) is 19.9. The molecule has 2 heterocycles. The highest BCUT2D eigenvalue weighted by atomic mass is 19.4. The molecule has 0 aliphatic carbocycles. The molecule has 2 fully saturated rings. The molecule has 0 aromatic heterocycles. The summed E-state index contributed by atoms with van der Waals surface area (Å²) in [5.74, 6) is -4.11. The minimum atomic E-state index is -4.77. The maximum Gasteiger partial charge on any atom is 0.416 e. The van der Waals surface area contributed by atoms with Crippen molar-refractivity contribution in [3.63, 3.8) is 0 Å². The van der Waals surface area contributed by atoms with Gasteiger partial charge in [0.2, 0.25) is 17.7 Å². The first-order chi connectivity index (χ1) is 18.8. The molecule has 40 heavy (non-hydrogen) atoms. The lowest BCUT2D eigenvalue weighted by molar-refractivity contribution is -0.144. The van der Waals surface area contributed by atoms with E-state index in [2.05, 4.69) is 5.32 Å². The minimum Gasteiger partial charge on any atom is -0.341 e. The summed E-state index contributed by atoms with van der Waals surface area (Å²) in [5, 5.41) is 2.43. The molecule has 7 nitrogen and oxygen atoms in total. The van der Waals surface area contributed by atoms with Gasteiger partial charge in [0.05, 0.1) is 22.5 Å². The molecule has 11 heteroatoms. The largest absolute Gasteiger partial charge is 0.416 e. The number of carbonyl (C=O) groups is 4. The van der Waals surface area contributed by atoms with Crippen LogP contribution in [0.15, 0.2) is 48.5 Å². The molecule has 2 aromatic carbocycles. The SMILES string of the molecule is CC(C)C[C@@H](NC(=O)c1cc(C(F)(F)F)ccc1F)C(=O)N1CCC2(CC1)C(=O)N(C)C(=O)C2c1ccccc1. The summed E-state index contributed by atoms with van der Waals surface area (Å²) in [6, 6.07) is 9.43. The molecule has 4 rings (SSSR count). The second-order valence-electron chi connectivity index (χ2n) is 10.9. The Morgan fingerprint density at radius 2 is 1.68 bits per heavy atom. The van der Waals surface area contributed by atoms with E-state index in [-0.39, 0.29) is 50.1 Å². The van der Waals surface area contributed by atoms with E-state index in [0.717, 1.165) is 10.5 Å². The van der Waals surface area contributed by atoms with Crippen LogP contribution in [0.2, 0.25) is 0 Å². The number of alkyl halides is 3. The molecular formula is C29H31F4N3O4. The predicted molar refractivity (Wildman–Crippen MR) is 137 cm³/mol. The van der Waals surface area contributed by atoms with Crippen molar-refractivity contribution in [3.8, 4) is 0 Å². The van der Waals surface area contributed by atoms with Crippen LogP contribution in [0.1, 0.15) is 60.5 Å². The van der Waals surface area contributed by atoms with Gasteiger partial charge in [-0.2, -0.15) is 13.2 Å². The van der Waals surface area contributed by atoms with Crippen molar-refractivity contribution in [2.45, 2.75) is 51.2 Å². The van der Waals surface area contributed by atoms with E-state index in [9.17, 15) is 36.7 Å². The Morgan fingerprint density at radius 1 is 1.05 bits per heavy atom. The highest BCUT2D eigenvalue weighted by molar-refractivity contribution is 6.10. The van der Waals surface area contributed by atoms with Crippen LogP contribution in [-0.4, -0.2) is 59.6 Å². The summed E-state index contributed by atoms with van der Waals surface area (Å²) in [6.07, 6.45) is -4.17. The Bertz CT molecular complexity index is 1300. The van der Waals surface area contributed by atoms with Gasteiger partial charge in [-0.15, -0.1) is 0 Å². The van der Waals surface area contributed by atoms with Crippen LogP contribution in [-0.2, 0) is 20.6 Å². The van der Waals surface area contributed by atoms with Crippen LogP contribution < -0.4 is 5.32 Å². The summed E-state index contributed by atoms with van der Waals surface area (Å²) in [4.78, 5) is 55.4. The number of hydrogen-bond donors (Lipinski definition) is 1. The Balaban J connectivity index is 1.53. The predicted octanol–water partition coefficient (Wildman–Crippen LogP) is 4.38. The molecule has 1 N–H and O–H groups in total. The number of carbonyl (C=O) groups excluding carboxylic acids is 4. The van der Waals surface area contributed by atoms with Crippen molar-refractivity contribution in [1.29, 1.82) is 0 Å². The Labute approximate surface area is 229 Å². The topological polar surface area (TPSA) is 86.8 Å². The summed E-state index contributed by atoms with van der Waals surface area (Å²) in [6.45, 7) is 3.89. The fourth-order valence-electron chi connectivity index (χ4n) is 5.75. The van der Waals surface area contributed by atoms with Crippen LogP contribution in [0.5, 0.6) is 0 Å². The van der Waals surface area contributed by atoms with Gasteiger partial charge in [-0.05, 0) is 48.9 Å². The van der Waals surface area contributed by atoms with E-state index in [0.29, 0.717) is 18.2 Å². The average molecular weight is 562 g/mol. The average Bonchev–Trinajstić information content (AvgIpc) is 3.08. The molecular weight excluding hydrogens is 530 g/mol. The number of hydrogen-bond acceptors (Lipinski definition) is 4. The van der Waals surface area contributed by atoms with Crippen molar-refractivity contribution in [2.75, 3.05) is 20.1 Å². The third kappa shape index (κ3) is 5.46. The number of likely N-dealkylation sites (tertiary alicyclic amines) is 2. The monoisotopic (exact) mass is 561 g/mol. The molecule has 4 amide bonds. The van der Waals surface area contributed by atoms with Crippen LogP contribution in [0.25, 0.3) is 0 Å². The fraction of sp³-hybridized carbons (Fsp3) is 0.448. The Hall–Kier alpha value is -3.76. The first-order valence-corrected chi connectivity index (χ1v) is 13.1. The lowest BCUT2D eigenvalue weighted by Crippen LogP contribution is -2.54. The van der Waals surface area contributed by atoms with Crippen LogP contribution >= 0.6 is 0 Å². The Morgan fingerprint density at radius 3 is 2.25 bits per heavy atom. The molecule has 2 atom stereocenters. The summed E-state index contributed by atoms with van der Waals surface area (Å²) in [7, 11) is 1.45. The summed E-state index contributed by atoms with van der Waals surface area (Å²) < 4.78 is 53.8. The van der Waals surface area contributed by atoms with E-state index < -0.39 is 52.3 Å². The van der Waals surface area contributed by atoms with Crippen LogP contribution in [0, 0.1) is 17.2 Å². The number of amides is 4. The highest BCUT2D eigenvalue weighted by Gasteiger charge is 2.59. The lowest BCUT2D eigenvalue weighted by Gasteiger charge is -2.41. The first kappa shape index (κ1) is 29.2. The van der Waals surface area contributed by atoms with Gasteiger partial charge < -0.3 is 10.2 Å². The molecule has 2 aliphatic rings. The Kier molecular flexibility index (Phi) is 8.05. The van der Waals surface area contributed by atoms with Gasteiger partial charge in [0.25, 0.3) is 5.91 Å². The number of imide groups is 1. The summed E-state index contributed by atoms with van der Waals surface area (Å²) in [5.41, 5.74) is -2.28. The molecule has 1 unspecified atom stereocenters. The molecule has 2 aliphatic heterocycles. The van der Waals surface area contributed by atoms with Gasteiger partial charge in [0, 0.05) is 20.1 Å². The lowest BCUT2D eigenvalue weighted by atomic mass is 9.67. The number of piperidine rings is 1. The third-order valence-electron chi connectivity index (χ3n) is 7.81. The van der Waals surface area contributed by atoms with Gasteiger partial charge in [0.1, 0.15) is 11.9 Å². The number of halogens is 4. The van der Waals surface area contributed by atoms with Crippen molar-refractivity contribution in [2.24, 2.45) is 11.3 Å². The standard InChI is InChI=1S/C29H31F4N3O4/c1-17(2)15-22(34-24(37)20-16-19(29(31,32)33)9-10-21(20)30)25(38)36-13-11-28(12-14-36)23(18-7-5-4-6-8-18)26(39)35(3)27(28)40/h4-10,16-17,22-23H,11-15H2,1-3H3,(H,34,37)/t22-,23?/m1/s1. The van der Waals surface area contributed by atoms with E-state index in [4.69, 9.17) is 0 Å². The number of nitrogens with zero attached hydrogens (tertiary/aromatic N) is 2. The van der Waals surface area contributed by atoms with Gasteiger partial charge in [0.15, 0.2) is 0 Å². The number of benzene rings is 2. The van der Waals surface area contributed by atoms with E-state index >= 15 is 0 Å². The van der Waals surface area contributed by atoms with E-state index in [1.165, 1.54) is 11.9 Å². The maximum atomic E-state index is 14.3. The van der Waals surface area contributed by atoms with Crippen LogP contribution in [0.3, 0.4) is 0 Å². The molecule has 2 aromatic rings. The molecule has 2 saturated heterocycles. The number of nitrogens with one attached hydrogen (secondary N) is 1. The van der Waals surface area contributed by atoms with Gasteiger partial charge in [-0.3, -0.25) is 24.1 Å². The maximum absolute atomic E-state index is 14.3. The highest BCUT2D eigenvalue weighted by Crippen LogP contribution is 2.51. The zero-order valence-corrected chi connectivity index (χ0v) is 22.4. The number of rotatable bonds is 6. The smallest absolute Gasteiger partial charge is 0.341 e. The molecule has 214 valence electrons. The van der Waals surface area contributed by atoms with Crippen LogP contribution in [0.4, 0.5) is 17.6 Å². The van der Waals surface area contributed by atoms with Crippen molar-refractivity contribution >= 4 is 23.6 Å². The van der Waals surface area contributed by atoms with E-state index in [1.807, 2.05) is 19.9 Å². The van der Waals surface area contributed by atoms with Gasteiger partial charge >= 0.3 is 6.18 Å². The fourth-order valence-corrected chi connectivity index (χ4v) is 5.75. The summed E-state index contributed by atoms with van der Waals surface area (Å²) >= 11 is 0. The van der Waals surface area contributed by atoms with Crippen molar-refractivity contribution in [1.82, 2.24) is 15.1 Å². The second kappa shape index (κ2) is 11.0. The third-order valence-corrected chi connectivity index (χ3v) is 7.81. The number of likely N-dealkylation sites (N-methyl/N-ethyl adjacent to an activating group) is 1. The second-order valence-corrected chi connectivity index (χ2v) is 10.9. The van der Waals surface area contributed by atoms with Crippen molar-refractivity contribution in [3.05, 3.63) is 71.0 Å². The minimum absolute atomic E-state index is 0.0816.